The van der Waals surface area contributed by atoms with E-state index in [-0.39, 0.29) is 17.5 Å². The summed E-state index contributed by atoms with van der Waals surface area (Å²) in [6, 6.07) is 14.5. The molecular weight excluding hydrogens is 356 g/mol. The summed E-state index contributed by atoms with van der Waals surface area (Å²) in [5.74, 6) is 0.719. The molecule has 0 aliphatic carbocycles. The zero-order chi connectivity index (χ0) is 20.1. The molecule has 146 valence electrons. The largest absolute Gasteiger partial charge is 0.494 e. The fraction of sp³-hybridized carbons (Fsp3) is 0.273. The van der Waals surface area contributed by atoms with Gasteiger partial charge in [-0.2, -0.15) is 0 Å². The second-order valence-electron chi connectivity index (χ2n) is 6.38. The zero-order valence-corrected chi connectivity index (χ0v) is 16.3. The maximum Gasteiger partial charge on any atom is 0.277 e. The van der Waals surface area contributed by atoms with E-state index in [2.05, 4.69) is 5.32 Å². The number of carbonyl (C=O) groups excluding carboxylic acids is 2. The van der Waals surface area contributed by atoms with Gasteiger partial charge in [0.15, 0.2) is 0 Å². The van der Waals surface area contributed by atoms with E-state index in [1.807, 2.05) is 38.1 Å². The van der Waals surface area contributed by atoms with Crippen LogP contribution in [0, 0.1) is 0 Å². The molecule has 2 aromatic rings. The maximum atomic E-state index is 12.7. The van der Waals surface area contributed by atoms with Crippen molar-refractivity contribution < 1.29 is 19.1 Å². The lowest BCUT2D eigenvalue weighted by Gasteiger charge is -2.11. The van der Waals surface area contributed by atoms with Crippen LogP contribution in [0.2, 0.25) is 0 Å². The van der Waals surface area contributed by atoms with Gasteiger partial charge in [-0.05, 0) is 43.2 Å². The molecule has 1 heterocycles. The third-order valence-electron chi connectivity index (χ3n) is 4.32. The van der Waals surface area contributed by atoms with Crippen molar-refractivity contribution in [1.29, 1.82) is 0 Å². The Morgan fingerprint density at radius 3 is 2.36 bits per heavy atom. The fourth-order valence-corrected chi connectivity index (χ4v) is 2.94. The molecule has 1 aliphatic rings. The van der Waals surface area contributed by atoms with Gasteiger partial charge in [-0.3, -0.25) is 14.5 Å². The summed E-state index contributed by atoms with van der Waals surface area (Å²) in [6.45, 7) is 5.12. The van der Waals surface area contributed by atoms with E-state index in [4.69, 9.17) is 9.47 Å². The van der Waals surface area contributed by atoms with Crippen LogP contribution in [0.3, 0.4) is 0 Å². The summed E-state index contributed by atoms with van der Waals surface area (Å²) in [6.07, 6.45) is 0.905. The first-order valence-electron chi connectivity index (χ1n) is 9.35. The molecule has 1 N–H and O–H groups in total. The highest BCUT2D eigenvalue weighted by atomic mass is 16.5. The van der Waals surface area contributed by atoms with Crippen molar-refractivity contribution in [3.05, 3.63) is 59.8 Å². The minimum atomic E-state index is -0.367. The fourth-order valence-electron chi connectivity index (χ4n) is 2.94. The Morgan fingerprint density at radius 2 is 1.68 bits per heavy atom. The second kappa shape index (κ2) is 8.61. The van der Waals surface area contributed by atoms with Gasteiger partial charge >= 0.3 is 0 Å². The zero-order valence-electron chi connectivity index (χ0n) is 16.3. The number of benzene rings is 2. The number of nitrogens with one attached hydrogen (secondary N) is 1. The van der Waals surface area contributed by atoms with Crippen LogP contribution in [0.4, 0.5) is 5.69 Å². The Morgan fingerprint density at radius 1 is 0.929 bits per heavy atom. The van der Waals surface area contributed by atoms with Gasteiger partial charge in [-0.1, -0.05) is 25.1 Å². The first-order chi connectivity index (χ1) is 13.5. The molecule has 6 nitrogen and oxygen atoms in total. The monoisotopic (exact) mass is 380 g/mol. The highest BCUT2D eigenvalue weighted by Crippen LogP contribution is 2.31. The molecule has 2 aromatic carbocycles. The van der Waals surface area contributed by atoms with Gasteiger partial charge in [-0.15, -0.1) is 0 Å². The van der Waals surface area contributed by atoms with E-state index in [9.17, 15) is 9.59 Å². The predicted octanol–water partition coefficient (Wildman–Crippen LogP) is 3.70. The lowest BCUT2D eigenvalue weighted by atomic mass is 10.0. The normalized spacial score (nSPS) is 13.9. The first kappa shape index (κ1) is 19.5. The Bertz CT molecular complexity index is 903. The molecule has 0 bridgehead atoms. The van der Waals surface area contributed by atoms with Crippen molar-refractivity contribution in [1.82, 2.24) is 4.90 Å². The number of nitrogens with zero attached hydrogens (tertiary/aromatic N) is 1. The van der Waals surface area contributed by atoms with Crippen molar-refractivity contribution in [2.75, 3.05) is 25.6 Å². The van der Waals surface area contributed by atoms with E-state index < -0.39 is 0 Å². The van der Waals surface area contributed by atoms with Crippen LogP contribution in [-0.2, 0) is 9.59 Å². The number of hydrogen-bond acceptors (Lipinski definition) is 5. The maximum absolute atomic E-state index is 12.7. The van der Waals surface area contributed by atoms with E-state index in [1.54, 1.807) is 24.3 Å². The van der Waals surface area contributed by atoms with E-state index in [0.717, 1.165) is 11.3 Å². The van der Waals surface area contributed by atoms with Crippen LogP contribution in [0.25, 0.3) is 5.57 Å². The number of anilines is 1. The van der Waals surface area contributed by atoms with E-state index >= 15 is 0 Å². The molecule has 1 aliphatic heterocycles. The van der Waals surface area contributed by atoms with E-state index in [0.29, 0.717) is 41.5 Å². The highest BCUT2D eigenvalue weighted by Gasteiger charge is 2.36. The second-order valence-corrected chi connectivity index (χ2v) is 6.38. The number of likely N-dealkylation sites (N-methyl/N-ethyl adjacent to an activating group) is 1. The van der Waals surface area contributed by atoms with Crippen molar-refractivity contribution in [2.24, 2.45) is 0 Å². The summed E-state index contributed by atoms with van der Waals surface area (Å²) >= 11 is 0. The number of hydrogen-bond donors (Lipinski definition) is 1. The van der Waals surface area contributed by atoms with Crippen LogP contribution in [-0.4, -0.2) is 37.0 Å². The van der Waals surface area contributed by atoms with Crippen LogP contribution in [0.5, 0.6) is 11.5 Å². The number of carbonyl (C=O) groups is 2. The summed E-state index contributed by atoms with van der Waals surface area (Å²) < 4.78 is 11.1. The van der Waals surface area contributed by atoms with Gasteiger partial charge in [0.25, 0.3) is 11.8 Å². The Labute approximate surface area is 164 Å². The van der Waals surface area contributed by atoms with Crippen molar-refractivity contribution in [3.63, 3.8) is 0 Å². The number of imide groups is 1. The average molecular weight is 380 g/mol. The molecule has 0 fully saturated rings. The Kier molecular flexibility index (Phi) is 5.99. The van der Waals surface area contributed by atoms with Crippen LogP contribution >= 0.6 is 0 Å². The molecule has 3 rings (SSSR count). The molecule has 0 saturated carbocycles. The molecule has 28 heavy (non-hydrogen) atoms. The van der Waals surface area contributed by atoms with Gasteiger partial charge < -0.3 is 14.8 Å². The van der Waals surface area contributed by atoms with Crippen molar-refractivity contribution in [3.8, 4) is 11.5 Å². The predicted molar refractivity (Wildman–Crippen MR) is 108 cm³/mol. The summed E-state index contributed by atoms with van der Waals surface area (Å²) in [4.78, 5) is 26.5. The third kappa shape index (κ3) is 4.01. The Hall–Kier alpha value is -3.28. The topological polar surface area (TPSA) is 67.9 Å². The number of ether oxygens (including phenoxy) is 2. The molecule has 0 saturated heterocycles. The lowest BCUT2D eigenvalue weighted by molar-refractivity contribution is -0.135. The Balaban J connectivity index is 1.94. The third-order valence-corrected chi connectivity index (χ3v) is 4.32. The standard InChI is InChI=1S/C22H24N2O4/c1-4-13-28-18-8-6-7-16(14-18)23-20-19(21(25)24(3)22(20)26)15-9-11-17(12-10-15)27-5-2/h6-12,14,23H,4-5,13H2,1-3H3. The minimum absolute atomic E-state index is 0.254. The van der Waals surface area contributed by atoms with Crippen LogP contribution in [0.1, 0.15) is 25.8 Å². The summed E-state index contributed by atoms with van der Waals surface area (Å²) in [5.41, 5.74) is 1.94. The number of amides is 2. The molecule has 6 heteroatoms. The van der Waals surface area contributed by atoms with E-state index in [1.165, 1.54) is 7.05 Å². The molecule has 0 unspecified atom stereocenters. The van der Waals surface area contributed by atoms with Crippen molar-refractivity contribution in [2.45, 2.75) is 20.3 Å². The van der Waals surface area contributed by atoms with Crippen molar-refractivity contribution >= 4 is 23.1 Å². The lowest BCUT2D eigenvalue weighted by Crippen LogP contribution is -2.27. The van der Waals surface area contributed by atoms with Gasteiger partial charge in [0.2, 0.25) is 0 Å². The SMILES string of the molecule is CCCOc1cccc(NC2=C(c3ccc(OCC)cc3)C(=O)N(C)C2=O)c1. The number of rotatable bonds is 8. The summed E-state index contributed by atoms with van der Waals surface area (Å²) in [7, 11) is 1.48. The van der Waals surface area contributed by atoms with Gasteiger partial charge in [-0.25, -0.2) is 0 Å². The highest BCUT2D eigenvalue weighted by molar-refractivity contribution is 6.36. The van der Waals surface area contributed by atoms with Gasteiger partial charge in [0.05, 0.1) is 18.8 Å². The molecule has 2 amide bonds. The summed E-state index contributed by atoms with van der Waals surface area (Å²) in [5, 5.41) is 3.11. The first-order valence-corrected chi connectivity index (χ1v) is 9.35. The quantitative estimate of drug-likeness (QED) is 0.708. The van der Waals surface area contributed by atoms with Gasteiger partial charge in [0, 0.05) is 18.8 Å². The van der Waals surface area contributed by atoms with Crippen LogP contribution < -0.4 is 14.8 Å². The molecule has 0 aromatic heterocycles. The van der Waals surface area contributed by atoms with Crippen LogP contribution in [0.15, 0.2) is 54.2 Å². The van der Waals surface area contributed by atoms with Gasteiger partial charge in [0.1, 0.15) is 17.2 Å². The average Bonchev–Trinajstić information content (AvgIpc) is 2.91. The molecule has 0 radical (unpaired) electrons. The minimum Gasteiger partial charge on any atom is -0.494 e. The molecular formula is C22H24N2O4. The molecule has 0 atom stereocenters. The smallest absolute Gasteiger partial charge is 0.277 e. The molecule has 0 spiro atoms.